The molecule has 29 heavy (non-hydrogen) atoms. The van der Waals surface area contributed by atoms with Gasteiger partial charge in [0.25, 0.3) is 5.91 Å². The molecule has 1 aromatic carbocycles. The van der Waals surface area contributed by atoms with Crippen LogP contribution in [0.3, 0.4) is 0 Å². The minimum absolute atomic E-state index is 0.157. The molecule has 4 rings (SSSR count). The predicted octanol–water partition coefficient (Wildman–Crippen LogP) is 2.83. The highest BCUT2D eigenvalue weighted by atomic mass is 32.1. The van der Waals surface area contributed by atoms with Crippen molar-refractivity contribution in [1.29, 1.82) is 0 Å². The summed E-state index contributed by atoms with van der Waals surface area (Å²) in [5.74, 6) is -0.381. The van der Waals surface area contributed by atoms with E-state index in [2.05, 4.69) is 22.5 Å². The number of fused-ring (bicyclic) bond motifs is 2. The Kier molecular flexibility index (Phi) is 5.35. The Bertz CT molecular complexity index is 957. The molecule has 150 valence electrons. The summed E-state index contributed by atoms with van der Waals surface area (Å²) in [6.45, 7) is 4.34. The van der Waals surface area contributed by atoms with Gasteiger partial charge in [0.15, 0.2) is 0 Å². The van der Waals surface area contributed by atoms with Crippen molar-refractivity contribution < 1.29 is 14.4 Å². The molecule has 2 aromatic rings. The fourth-order valence-corrected chi connectivity index (χ4v) is 4.46. The molecule has 3 N–H and O–H groups in total. The molecule has 7 nitrogen and oxygen atoms in total. The lowest BCUT2D eigenvalue weighted by molar-refractivity contribution is -0.121. The van der Waals surface area contributed by atoms with E-state index in [-0.39, 0.29) is 23.9 Å². The van der Waals surface area contributed by atoms with E-state index >= 15 is 0 Å². The van der Waals surface area contributed by atoms with Crippen molar-refractivity contribution in [3.05, 3.63) is 53.2 Å². The molecule has 0 spiro atoms. The molecule has 0 radical (unpaired) electrons. The lowest BCUT2D eigenvalue weighted by atomic mass is 9.96. The van der Waals surface area contributed by atoms with Crippen LogP contribution in [0.5, 0.6) is 0 Å². The second-order valence-electron chi connectivity index (χ2n) is 7.14. The number of piperidine rings is 1. The number of carbonyl (C=O) groups excluding carboxylic acids is 3. The molecule has 3 heterocycles. The van der Waals surface area contributed by atoms with E-state index in [1.807, 2.05) is 29.0 Å². The molecule has 1 saturated heterocycles. The van der Waals surface area contributed by atoms with Gasteiger partial charge >= 0.3 is 6.03 Å². The van der Waals surface area contributed by atoms with Gasteiger partial charge in [-0.25, -0.2) is 4.79 Å². The van der Waals surface area contributed by atoms with E-state index in [4.69, 9.17) is 0 Å². The third-order valence-corrected chi connectivity index (χ3v) is 5.95. The van der Waals surface area contributed by atoms with Crippen LogP contribution in [0.1, 0.15) is 23.2 Å². The number of nitrogens with zero attached hydrogens (tertiary/aromatic N) is 1. The zero-order valence-electron chi connectivity index (χ0n) is 15.8. The Morgan fingerprint density at radius 1 is 1.31 bits per heavy atom. The molecule has 0 bridgehead atoms. The maximum absolute atomic E-state index is 13.2. The topological polar surface area (TPSA) is 90.5 Å². The smallest absolute Gasteiger partial charge is 0.315 e. The Morgan fingerprint density at radius 2 is 2.17 bits per heavy atom. The first-order valence-electron chi connectivity index (χ1n) is 9.50. The molecule has 2 atom stereocenters. The number of carbonyl (C=O) groups is 3. The fraction of sp³-hybridized carbons (Fsp3) is 0.286. The monoisotopic (exact) mass is 410 g/mol. The minimum atomic E-state index is -0.613. The van der Waals surface area contributed by atoms with Gasteiger partial charge in [-0.05, 0) is 52.9 Å². The molecular weight excluding hydrogens is 388 g/mol. The zero-order chi connectivity index (χ0) is 20.4. The van der Waals surface area contributed by atoms with Crippen molar-refractivity contribution in [3.63, 3.8) is 0 Å². The molecule has 2 unspecified atom stereocenters. The molecule has 2 aliphatic rings. The quantitative estimate of drug-likeness (QED) is 0.677. The van der Waals surface area contributed by atoms with Crippen LogP contribution in [0.4, 0.5) is 10.5 Å². The van der Waals surface area contributed by atoms with Gasteiger partial charge in [-0.3, -0.25) is 9.59 Å². The van der Waals surface area contributed by atoms with Crippen molar-refractivity contribution in [1.82, 2.24) is 15.5 Å². The summed E-state index contributed by atoms with van der Waals surface area (Å²) in [6.07, 6.45) is 2.57. The third kappa shape index (κ3) is 3.88. The maximum atomic E-state index is 13.2. The van der Waals surface area contributed by atoms with Gasteiger partial charge in [0.05, 0.1) is 11.3 Å². The van der Waals surface area contributed by atoms with Crippen LogP contribution in [-0.2, 0) is 4.79 Å². The van der Waals surface area contributed by atoms with Gasteiger partial charge in [0.2, 0.25) is 5.91 Å². The number of anilines is 1. The Labute approximate surface area is 172 Å². The SMILES string of the molecule is C=CCNC(=O)NC1CCN2C(=O)c3cc(-c4ccsc4)ccc3NC(=O)C2C1. The molecule has 8 heteroatoms. The summed E-state index contributed by atoms with van der Waals surface area (Å²) in [7, 11) is 0. The van der Waals surface area contributed by atoms with Crippen molar-refractivity contribution in [2.75, 3.05) is 18.4 Å². The Balaban J connectivity index is 1.54. The number of rotatable bonds is 4. The van der Waals surface area contributed by atoms with Crippen LogP contribution in [-0.4, -0.2) is 47.9 Å². The number of amides is 4. The number of nitrogens with one attached hydrogen (secondary N) is 3. The lowest BCUT2D eigenvalue weighted by Gasteiger charge is -2.37. The number of hydrogen-bond acceptors (Lipinski definition) is 4. The number of thiophene rings is 1. The first-order valence-corrected chi connectivity index (χ1v) is 10.4. The molecule has 2 aliphatic heterocycles. The molecule has 1 aromatic heterocycles. The summed E-state index contributed by atoms with van der Waals surface area (Å²) < 4.78 is 0. The maximum Gasteiger partial charge on any atom is 0.315 e. The van der Waals surface area contributed by atoms with Crippen LogP contribution in [0.15, 0.2) is 47.7 Å². The average molecular weight is 410 g/mol. The average Bonchev–Trinajstić information content (AvgIpc) is 3.24. The lowest BCUT2D eigenvalue weighted by Crippen LogP contribution is -2.56. The van der Waals surface area contributed by atoms with Gasteiger partial charge in [-0.1, -0.05) is 12.1 Å². The van der Waals surface area contributed by atoms with E-state index in [9.17, 15) is 14.4 Å². The molecule has 4 amide bonds. The van der Waals surface area contributed by atoms with Gasteiger partial charge < -0.3 is 20.9 Å². The molecular formula is C21H22N4O3S. The summed E-state index contributed by atoms with van der Waals surface area (Å²) >= 11 is 1.60. The van der Waals surface area contributed by atoms with Crippen molar-refractivity contribution in [2.45, 2.75) is 24.9 Å². The summed E-state index contributed by atoms with van der Waals surface area (Å²) in [5, 5.41) is 12.5. The van der Waals surface area contributed by atoms with Gasteiger partial charge in [-0.15, -0.1) is 6.58 Å². The van der Waals surface area contributed by atoms with Gasteiger partial charge in [0, 0.05) is 19.1 Å². The minimum Gasteiger partial charge on any atom is -0.335 e. The highest BCUT2D eigenvalue weighted by molar-refractivity contribution is 7.08. The molecule has 0 saturated carbocycles. The highest BCUT2D eigenvalue weighted by Crippen LogP contribution is 2.32. The van der Waals surface area contributed by atoms with E-state index in [0.717, 1.165) is 11.1 Å². The molecule has 1 fully saturated rings. The highest BCUT2D eigenvalue weighted by Gasteiger charge is 2.40. The van der Waals surface area contributed by atoms with E-state index in [0.29, 0.717) is 37.2 Å². The second kappa shape index (κ2) is 8.08. The first kappa shape index (κ1) is 19.2. The van der Waals surface area contributed by atoms with Crippen molar-refractivity contribution in [3.8, 4) is 11.1 Å². The van der Waals surface area contributed by atoms with Crippen molar-refractivity contribution >= 4 is 34.9 Å². The van der Waals surface area contributed by atoms with E-state index < -0.39 is 6.04 Å². The number of urea groups is 1. The Hall–Kier alpha value is -3.13. The zero-order valence-corrected chi connectivity index (χ0v) is 16.6. The van der Waals surface area contributed by atoms with Crippen molar-refractivity contribution in [2.24, 2.45) is 0 Å². The largest absolute Gasteiger partial charge is 0.335 e. The van der Waals surface area contributed by atoms with Crippen LogP contribution < -0.4 is 16.0 Å². The van der Waals surface area contributed by atoms with E-state index in [1.165, 1.54) is 0 Å². The number of hydrogen-bond donors (Lipinski definition) is 3. The Morgan fingerprint density at radius 3 is 2.93 bits per heavy atom. The molecule has 0 aliphatic carbocycles. The van der Waals surface area contributed by atoms with Gasteiger partial charge in [0.1, 0.15) is 6.04 Å². The van der Waals surface area contributed by atoms with Crippen LogP contribution >= 0.6 is 11.3 Å². The fourth-order valence-electron chi connectivity index (χ4n) is 3.80. The van der Waals surface area contributed by atoms with Gasteiger partial charge in [-0.2, -0.15) is 11.3 Å². The van der Waals surface area contributed by atoms with Crippen LogP contribution in [0.2, 0.25) is 0 Å². The van der Waals surface area contributed by atoms with Crippen LogP contribution in [0, 0.1) is 0 Å². The van der Waals surface area contributed by atoms with Crippen LogP contribution in [0.25, 0.3) is 11.1 Å². The number of benzene rings is 1. The standard InChI is InChI=1S/C21H22N4O3S/c1-2-7-22-21(28)23-15-5-8-25-18(11-15)19(26)24-17-4-3-13(10-16(17)20(25)27)14-6-9-29-12-14/h2-4,6,9-10,12,15,18H,1,5,7-8,11H2,(H,24,26)(H2,22,23,28). The normalized spacial score (nSPS) is 20.8. The summed E-state index contributed by atoms with van der Waals surface area (Å²) in [4.78, 5) is 39.6. The first-order chi connectivity index (χ1) is 14.1. The second-order valence-corrected chi connectivity index (χ2v) is 7.92. The van der Waals surface area contributed by atoms with E-state index in [1.54, 1.807) is 28.4 Å². The summed E-state index contributed by atoms with van der Waals surface area (Å²) in [6, 6.07) is 6.45. The predicted molar refractivity (Wildman–Crippen MR) is 113 cm³/mol. The third-order valence-electron chi connectivity index (χ3n) is 5.27. The summed E-state index contributed by atoms with van der Waals surface area (Å²) in [5.41, 5.74) is 3.02.